The summed E-state index contributed by atoms with van der Waals surface area (Å²) in [4.78, 5) is 23.6. The predicted molar refractivity (Wildman–Crippen MR) is 84.4 cm³/mol. The molecular weight excluding hydrogens is 304 g/mol. The molecule has 1 aromatic carbocycles. The minimum absolute atomic E-state index is 0.0441. The van der Waals surface area contributed by atoms with Gasteiger partial charge >= 0.3 is 0 Å². The molecule has 1 aromatic rings. The van der Waals surface area contributed by atoms with Crippen molar-refractivity contribution in [3.8, 4) is 0 Å². The predicted octanol–water partition coefficient (Wildman–Crippen LogP) is 0.935. The number of nitrogens with one attached hydrogen (secondary N) is 2. The van der Waals surface area contributed by atoms with Crippen molar-refractivity contribution in [3.05, 3.63) is 29.3 Å². The van der Waals surface area contributed by atoms with Gasteiger partial charge in [0.25, 0.3) is 0 Å². The van der Waals surface area contributed by atoms with Crippen LogP contribution >= 0.6 is 0 Å². The highest BCUT2D eigenvalue weighted by Crippen LogP contribution is 2.14. The lowest BCUT2D eigenvalue weighted by molar-refractivity contribution is -0.127. The number of hydrogen-bond acceptors (Lipinski definition) is 4. The minimum Gasteiger partial charge on any atom is -0.352 e. The maximum atomic E-state index is 11.8. The fourth-order valence-corrected chi connectivity index (χ4v) is 4.03. The molecule has 0 spiro atoms. The Balaban J connectivity index is 1.84. The molecule has 0 saturated carbocycles. The summed E-state index contributed by atoms with van der Waals surface area (Å²) in [6.45, 7) is 3.92. The van der Waals surface area contributed by atoms with Gasteiger partial charge in [-0.1, -0.05) is 6.07 Å². The van der Waals surface area contributed by atoms with Gasteiger partial charge in [-0.05, 0) is 43.5 Å². The zero-order valence-corrected chi connectivity index (χ0v) is 13.5. The third-order valence-electron chi connectivity index (χ3n) is 3.71. The number of benzene rings is 1. The molecule has 22 heavy (non-hydrogen) atoms. The largest absolute Gasteiger partial charge is 0.352 e. The molecule has 1 atom stereocenters. The van der Waals surface area contributed by atoms with E-state index in [2.05, 4.69) is 10.6 Å². The zero-order chi connectivity index (χ0) is 16.3. The Morgan fingerprint density at radius 1 is 1.18 bits per heavy atom. The third kappa shape index (κ3) is 4.56. The number of anilines is 1. The van der Waals surface area contributed by atoms with Crippen molar-refractivity contribution in [2.45, 2.75) is 32.7 Å². The molecule has 120 valence electrons. The summed E-state index contributed by atoms with van der Waals surface area (Å²) in [6.07, 6.45) is 0.0936. The molecule has 0 aliphatic carbocycles. The smallest absolute Gasteiger partial charge is 0.233 e. The van der Waals surface area contributed by atoms with Gasteiger partial charge in [-0.15, -0.1) is 0 Å². The Morgan fingerprint density at radius 3 is 2.50 bits per heavy atom. The van der Waals surface area contributed by atoms with Crippen LogP contribution in [0.2, 0.25) is 0 Å². The lowest BCUT2D eigenvalue weighted by atomic mass is 10.1. The highest BCUT2D eigenvalue weighted by molar-refractivity contribution is 7.91. The van der Waals surface area contributed by atoms with Gasteiger partial charge in [0.2, 0.25) is 11.8 Å². The second-order valence-corrected chi connectivity index (χ2v) is 7.92. The molecule has 0 aromatic heterocycles. The topological polar surface area (TPSA) is 92.3 Å². The van der Waals surface area contributed by atoms with Gasteiger partial charge in [0.1, 0.15) is 6.42 Å². The lowest BCUT2D eigenvalue weighted by Crippen LogP contribution is -2.37. The Morgan fingerprint density at radius 2 is 1.91 bits per heavy atom. The summed E-state index contributed by atoms with van der Waals surface area (Å²) in [7, 11) is -3.04. The summed E-state index contributed by atoms with van der Waals surface area (Å²) in [6, 6.07) is 5.14. The van der Waals surface area contributed by atoms with Crippen molar-refractivity contribution in [1.82, 2.24) is 5.32 Å². The molecule has 2 amide bonds. The van der Waals surface area contributed by atoms with Gasteiger partial charge in [0, 0.05) is 11.7 Å². The van der Waals surface area contributed by atoms with Crippen LogP contribution in [0, 0.1) is 13.8 Å². The summed E-state index contributed by atoms with van der Waals surface area (Å²) >= 11 is 0. The van der Waals surface area contributed by atoms with E-state index >= 15 is 0 Å². The first-order valence-corrected chi connectivity index (χ1v) is 8.94. The van der Waals surface area contributed by atoms with Crippen molar-refractivity contribution in [2.75, 3.05) is 16.8 Å². The number of hydrogen-bond donors (Lipinski definition) is 2. The zero-order valence-electron chi connectivity index (χ0n) is 12.7. The van der Waals surface area contributed by atoms with Crippen LogP contribution in [0.25, 0.3) is 0 Å². The summed E-state index contributed by atoms with van der Waals surface area (Å²) in [5.74, 6) is -0.824. The summed E-state index contributed by atoms with van der Waals surface area (Å²) < 4.78 is 22.6. The van der Waals surface area contributed by atoms with Crippen molar-refractivity contribution < 1.29 is 18.0 Å². The fourth-order valence-electron chi connectivity index (χ4n) is 2.36. The molecule has 1 fully saturated rings. The van der Waals surface area contributed by atoms with Crippen molar-refractivity contribution >= 4 is 27.3 Å². The first kappa shape index (κ1) is 16.5. The molecule has 0 radical (unpaired) electrons. The average molecular weight is 324 g/mol. The SMILES string of the molecule is Cc1ccc(NC(=O)CC(=O)NC2CCS(=O)(=O)C2)cc1C. The standard InChI is InChI=1S/C15H20N2O4S/c1-10-3-4-12(7-11(10)2)16-14(18)8-15(19)17-13-5-6-22(20,21)9-13/h3-4,7,13H,5-6,8-9H2,1-2H3,(H,16,18)(H,17,19). The highest BCUT2D eigenvalue weighted by atomic mass is 32.2. The number of aryl methyl sites for hydroxylation is 2. The van der Waals surface area contributed by atoms with Gasteiger partial charge in [0.15, 0.2) is 9.84 Å². The third-order valence-corrected chi connectivity index (χ3v) is 5.48. The molecule has 1 unspecified atom stereocenters. The minimum atomic E-state index is -3.04. The van der Waals surface area contributed by atoms with Crippen LogP contribution in [0.4, 0.5) is 5.69 Å². The van der Waals surface area contributed by atoms with E-state index in [-0.39, 0.29) is 24.0 Å². The Hall–Kier alpha value is -1.89. The monoisotopic (exact) mass is 324 g/mol. The molecule has 2 rings (SSSR count). The molecule has 1 aliphatic heterocycles. The van der Waals surface area contributed by atoms with Crippen LogP contribution in [-0.4, -0.2) is 37.8 Å². The number of rotatable bonds is 4. The van der Waals surface area contributed by atoms with E-state index in [1.807, 2.05) is 26.0 Å². The van der Waals surface area contributed by atoms with Gasteiger partial charge in [-0.3, -0.25) is 9.59 Å². The molecule has 0 bridgehead atoms. The number of amides is 2. The van der Waals surface area contributed by atoms with Crippen molar-refractivity contribution in [2.24, 2.45) is 0 Å². The summed E-state index contributed by atoms with van der Waals surface area (Å²) in [5.41, 5.74) is 2.82. The van der Waals surface area contributed by atoms with Crippen LogP contribution in [0.15, 0.2) is 18.2 Å². The van der Waals surface area contributed by atoms with Crippen LogP contribution in [-0.2, 0) is 19.4 Å². The average Bonchev–Trinajstić information content (AvgIpc) is 2.72. The van der Waals surface area contributed by atoms with E-state index in [1.165, 1.54) is 0 Å². The quantitative estimate of drug-likeness (QED) is 0.806. The first-order chi connectivity index (χ1) is 10.2. The van der Waals surface area contributed by atoms with Crippen LogP contribution < -0.4 is 10.6 Å². The van der Waals surface area contributed by atoms with Gasteiger partial charge in [-0.25, -0.2) is 8.42 Å². The molecule has 1 heterocycles. The fraction of sp³-hybridized carbons (Fsp3) is 0.467. The molecule has 1 aliphatic rings. The van der Waals surface area contributed by atoms with E-state index < -0.39 is 21.7 Å². The lowest BCUT2D eigenvalue weighted by Gasteiger charge is -2.11. The normalized spacial score (nSPS) is 19.6. The Bertz CT molecular complexity index is 697. The van der Waals surface area contributed by atoms with Crippen LogP contribution in [0.3, 0.4) is 0 Å². The van der Waals surface area contributed by atoms with Gasteiger partial charge in [-0.2, -0.15) is 0 Å². The van der Waals surface area contributed by atoms with Gasteiger partial charge < -0.3 is 10.6 Å². The van der Waals surface area contributed by atoms with Gasteiger partial charge in [0.05, 0.1) is 11.5 Å². The van der Waals surface area contributed by atoms with E-state index in [4.69, 9.17) is 0 Å². The van der Waals surface area contributed by atoms with Crippen LogP contribution in [0.5, 0.6) is 0 Å². The maximum absolute atomic E-state index is 11.8. The Labute approximate surface area is 130 Å². The molecule has 1 saturated heterocycles. The Kier molecular flexibility index (Phi) is 4.85. The number of sulfone groups is 1. The van der Waals surface area contributed by atoms with E-state index in [0.29, 0.717) is 12.1 Å². The molecular formula is C15H20N2O4S. The van der Waals surface area contributed by atoms with E-state index in [1.54, 1.807) is 6.07 Å². The van der Waals surface area contributed by atoms with Crippen molar-refractivity contribution in [3.63, 3.8) is 0 Å². The maximum Gasteiger partial charge on any atom is 0.233 e. The molecule has 2 N–H and O–H groups in total. The molecule has 7 heteroatoms. The van der Waals surface area contributed by atoms with Crippen LogP contribution in [0.1, 0.15) is 24.0 Å². The number of carbonyl (C=O) groups is 2. The summed E-state index contributed by atoms with van der Waals surface area (Å²) in [5, 5.41) is 5.26. The van der Waals surface area contributed by atoms with E-state index in [0.717, 1.165) is 11.1 Å². The first-order valence-electron chi connectivity index (χ1n) is 7.12. The highest BCUT2D eigenvalue weighted by Gasteiger charge is 2.29. The molecule has 6 nitrogen and oxygen atoms in total. The second kappa shape index (κ2) is 6.48. The number of carbonyl (C=O) groups excluding carboxylic acids is 2. The van der Waals surface area contributed by atoms with Crippen molar-refractivity contribution in [1.29, 1.82) is 0 Å². The second-order valence-electron chi connectivity index (χ2n) is 5.69. The van der Waals surface area contributed by atoms with E-state index in [9.17, 15) is 18.0 Å².